The molecule has 3 rings (SSSR count). The number of imidazole rings is 1. The van der Waals surface area contributed by atoms with Gasteiger partial charge < -0.3 is 10.4 Å². The summed E-state index contributed by atoms with van der Waals surface area (Å²) in [6.07, 6.45) is 0. The fourth-order valence-corrected chi connectivity index (χ4v) is 2.52. The molecule has 1 aromatic carbocycles. The molecular formula is C16H17N5O4. The van der Waals surface area contributed by atoms with Crippen LogP contribution in [-0.4, -0.2) is 36.2 Å². The number of hydrogen-bond acceptors (Lipinski definition) is 5. The lowest BCUT2D eigenvalue weighted by molar-refractivity contribution is -0.137. The number of aliphatic carboxylic acids is 1. The Hall–Kier alpha value is -3.36. The highest BCUT2D eigenvalue weighted by atomic mass is 16.4. The molecule has 130 valence electrons. The summed E-state index contributed by atoms with van der Waals surface area (Å²) in [7, 11) is 1.49. The van der Waals surface area contributed by atoms with Crippen LogP contribution in [0, 0.1) is 0 Å². The molecule has 0 aliphatic rings. The van der Waals surface area contributed by atoms with Gasteiger partial charge in [0.2, 0.25) is 5.95 Å². The molecule has 0 unspecified atom stereocenters. The number of nitrogens with one attached hydrogen (secondary N) is 2. The molecule has 2 aromatic heterocycles. The van der Waals surface area contributed by atoms with E-state index < -0.39 is 23.3 Å². The molecule has 3 N–H and O–H groups in total. The van der Waals surface area contributed by atoms with Gasteiger partial charge in [0.15, 0.2) is 11.2 Å². The third-order valence-electron chi connectivity index (χ3n) is 3.91. The van der Waals surface area contributed by atoms with Gasteiger partial charge in [-0.2, -0.15) is 4.98 Å². The van der Waals surface area contributed by atoms with Crippen molar-refractivity contribution >= 4 is 23.1 Å². The average molecular weight is 343 g/mol. The van der Waals surface area contributed by atoms with E-state index >= 15 is 0 Å². The number of aryl methyl sites for hydroxylation is 1. The summed E-state index contributed by atoms with van der Waals surface area (Å²) in [6, 6.07) is 8.45. The summed E-state index contributed by atoms with van der Waals surface area (Å²) >= 11 is 0. The predicted octanol–water partition coefficient (Wildman–Crippen LogP) is 0.357. The topological polar surface area (TPSA) is 122 Å². The number of carbonyl (C=O) groups is 1. The fraction of sp³-hybridized carbons (Fsp3) is 0.250. The second-order valence-corrected chi connectivity index (χ2v) is 5.70. The number of aromatic nitrogens is 4. The van der Waals surface area contributed by atoms with Crippen LogP contribution in [0.1, 0.15) is 12.5 Å². The number of nitrogens with zero attached hydrogens (tertiary/aromatic N) is 3. The molecule has 25 heavy (non-hydrogen) atoms. The Morgan fingerprint density at radius 3 is 2.64 bits per heavy atom. The number of anilines is 1. The number of fused-ring (bicyclic) bond motifs is 1. The predicted molar refractivity (Wildman–Crippen MR) is 91.9 cm³/mol. The molecule has 3 aromatic rings. The van der Waals surface area contributed by atoms with E-state index in [1.165, 1.54) is 18.5 Å². The summed E-state index contributed by atoms with van der Waals surface area (Å²) in [5.41, 5.74) is 0.133. The number of H-pyrrole nitrogens is 1. The molecule has 0 aliphatic heterocycles. The van der Waals surface area contributed by atoms with Crippen LogP contribution in [0.15, 0.2) is 39.9 Å². The van der Waals surface area contributed by atoms with Gasteiger partial charge in [-0.15, -0.1) is 0 Å². The summed E-state index contributed by atoms with van der Waals surface area (Å²) in [4.78, 5) is 41.8. The highest BCUT2D eigenvalue weighted by Gasteiger charge is 2.20. The van der Waals surface area contributed by atoms with E-state index in [0.717, 1.165) is 5.56 Å². The van der Waals surface area contributed by atoms with E-state index in [4.69, 9.17) is 5.11 Å². The van der Waals surface area contributed by atoms with E-state index in [1.54, 1.807) is 4.57 Å². The van der Waals surface area contributed by atoms with E-state index in [2.05, 4.69) is 15.3 Å². The lowest BCUT2D eigenvalue weighted by Crippen LogP contribution is -2.29. The maximum absolute atomic E-state index is 12.3. The Labute approximate surface area is 141 Å². The van der Waals surface area contributed by atoms with Gasteiger partial charge in [-0.25, -0.2) is 4.79 Å². The molecule has 0 bridgehead atoms. The zero-order valence-electron chi connectivity index (χ0n) is 13.7. The highest BCUT2D eigenvalue weighted by molar-refractivity contribution is 5.78. The van der Waals surface area contributed by atoms with Crippen molar-refractivity contribution in [2.24, 2.45) is 7.05 Å². The molecule has 2 heterocycles. The number of hydrogen-bond donors (Lipinski definition) is 3. The molecule has 0 saturated carbocycles. The van der Waals surface area contributed by atoms with Crippen molar-refractivity contribution in [1.29, 1.82) is 0 Å². The summed E-state index contributed by atoms with van der Waals surface area (Å²) in [5, 5.41) is 11.9. The zero-order valence-corrected chi connectivity index (χ0v) is 13.7. The van der Waals surface area contributed by atoms with Crippen LogP contribution in [0.25, 0.3) is 11.2 Å². The first-order valence-corrected chi connectivity index (χ1v) is 7.61. The van der Waals surface area contributed by atoms with Crippen LogP contribution in [-0.2, 0) is 18.4 Å². The summed E-state index contributed by atoms with van der Waals surface area (Å²) < 4.78 is 2.79. The van der Waals surface area contributed by atoms with Crippen LogP contribution >= 0.6 is 0 Å². The minimum absolute atomic E-state index is 0.185. The molecule has 9 nitrogen and oxygen atoms in total. The van der Waals surface area contributed by atoms with E-state index in [-0.39, 0.29) is 17.1 Å². The summed E-state index contributed by atoms with van der Waals surface area (Å²) in [5.74, 6) is -0.846. The van der Waals surface area contributed by atoms with E-state index in [0.29, 0.717) is 6.54 Å². The molecule has 0 spiro atoms. The van der Waals surface area contributed by atoms with Gasteiger partial charge in [0, 0.05) is 7.05 Å². The molecule has 1 atom stereocenters. The monoisotopic (exact) mass is 343 g/mol. The molecule has 0 radical (unpaired) electrons. The lowest BCUT2D eigenvalue weighted by Gasteiger charge is -2.13. The first-order chi connectivity index (χ1) is 11.9. The smallest absolute Gasteiger partial charge is 0.329 e. The van der Waals surface area contributed by atoms with Crippen LogP contribution in [0.4, 0.5) is 5.95 Å². The minimum atomic E-state index is -1.05. The van der Waals surface area contributed by atoms with Gasteiger partial charge in [0.25, 0.3) is 5.56 Å². The molecule has 0 saturated heterocycles. The first-order valence-electron chi connectivity index (χ1n) is 7.61. The molecule has 0 amide bonds. The van der Waals surface area contributed by atoms with E-state index in [1.807, 2.05) is 30.3 Å². The van der Waals surface area contributed by atoms with Gasteiger partial charge >= 0.3 is 11.7 Å². The standard InChI is InChI=1S/C16H17N5O4/c1-9(14(23)24)17-15-18-12-11(13(22)19-16(25)20(12)2)21(15)8-10-6-4-3-5-7-10/h3-7,9H,8H2,1-2H3,(H,17,18)(H,23,24)(H,19,22,25)/t9-/m0/s1. The number of rotatable bonds is 5. The maximum Gasteiger partial charge on any atom is 0.329 e. The van der Waals surface area contributed by atoms with Crippen LogP contribution in [0.5, 0.6) is 0 Å². The zero-order chi connectivity index (χ0) is 18.1. The van der Waals surface area contributed by atoms with Gasteiger partial charge in [-0.05, 0) is 12.5 Å². The molecule has 0 aliphatic carbocycles. The minimum Gasteiger partial charge on any atom is -0.480 e. The second kappa shape index (κ2) is 6.27. The van der Waals surface area contributed by atoms with Crippen molar-refractivity contribution in [2.45, 2.75) is 19.5 Å². The Kier molecular flexibility index (Phi) is 4.14. The quantitative estimate of drug-likeness (QED) is 0.615. The van der Waals surface area contributed by atoms with Crippen molar-refractivity contribution in [2.75, 3.05) is 5.32 Å². The second-order valence-electron chi connectivity index (χ2n) is 5.70. The number of aromatic amines is 1. The molecular weight excluding hydrogens is 326 g/mol. The van der Waals surface area contributed by atoms with Crippen molar-refractivity contribution in [3.63, 3.8) is 0 Å². The van der Waals surface area contributed by atoms with Crippen LogP contribution in [0.3, 0.4) is 0 Å². The third kappa shape index (κ3) is 3.03. The number of carboxylic acid groups (broad SMARTS) is 1. The Morgan fingerprint density at radius 2 is 2.00 bits per heavy atom. The van der Waals surface area contributed by atoms with Crippen LogP contribution < -0.4 is 16.6 Å². The van der Waals surface area contributed by atoms with Crippen molar-refractivity contribution in [3.8, 4) is 0 Å². The van der Waals surface area contributed by atoms with Crippen molar-refractivity contribution < 1.29 is 9.90 Å². The highest BCUT2D eigenvalue weighted by Crippen LogP contribution is 2.18. The Morgan fingerprint density at radius 1 is 1.32 bits per heavy atom. The van der Waals surface area contributed by atoms with Gasteiger partial charge in [-0.1, -0.05) is 30.3 Å². The van der Waals surface area contributed by atoms with E-state index in [9.17, 15) is 14.4 Å². The van der Waals surface area contributed by atoms with Gasteiger partial charge in [0.05, 0.1) is 6.54 Å². The Balaban J connectivity index is 2.22. The van der Waals surface area contributed by atoms with Gasteiger partial charge in [-0.3, -0.25) is 23.7 Å². The Bertz CT molecular complexity index is 1050. The molecule has 0 fully saturated rings. The van der Waals surface area contributed by atoms with Crippen molar-refractivity contribution in [3.05, 3.63) is 56.7 Å². The maximum atomic E-state index is 12.3. The number of carboxylic acids is 1. The third-order valence-corrected chi connectivity index (χ3v) is 3.91. The normalized spacial score (nSPS) is 12.2. The molecule has 9 heteroatoms. The lowest BCUT2D eigenvalue weighted by atomic mass is 10.2. The summed E-state index contributed by atoms with van der Waals surface area (Å²) in [6.45, 7) is 1.77. The van der Waals surface area contributed by atoms with Crippen molar-refractivity contribution in [1.82, 2.24) is 19.1 Å². The first kappa shape index (κ1) is 16.5. The van der Waals surface area contributed by atoms with Gasteiger partial charge in [0.1, 0.15) is 6.04 Å². The average Bonchev–Trinajstić information content (AvgIpc) is 2.92. The largest absolute Gasteiger partial charge is 0.480 e. The SMILES string of the molecule is C[C@H](Nc1nc2c(c(=O)[nH]c(=O)n2C)n1Cc1ccccc1)C(=O)O. The fourth-order valence-electron chi connectivity index (χ4n) is 2.52. The van der Waals surface area contributed by atoms with Crippen LogP contribution in [0.2, 0.25) is 0 Å². The number of benzene rings is 1.